The van der Waals surface area contributed by atoms with Crippen LogP contribution in [0.15, 0.2) is 18.2 Å². The fraction of sp³-hybridized carbons (Fsp3) is 0.300. The number of aldehydes is 1. The fourth-order valence-corrected chi connectivity index (χ4v) is 1.12. The number of aryl methyl sites for hydroxylation is 1. The third kappa shape index (κ3) is 2.61. The second-order valence-corrected chi connectivity index (χ2v) is 2.77. The van der Waals surface area contributed by atoms with Gasteiger partial charge in [-0.3, -0.25) is 0 Å². The molecule has 0 N–H and O–H groups in total. The molecular formula is C10H10F2O. The van der Waals surface area contributed by atoms with Gasteiger partial charge in [-0.15, -0.1) is 0 Å². The first-order valence-corrected chi connectivity index (χ1v) is 4.12. The molecule has 1 rings (SSSR count). The number of hydrogen-bond donors (Lipinski definition) is 0. The lowest BCUT2D eigenvalue weighted by Crippen LogP contribution is -1.94. The highest BCUT2D eigenvalue weighted by atomic mass is 19.2. The van der Waals surface area contributed by atoms with Crippen LogP contribution in [0.4, 0.5) is 8.78 Å². The van der Waals surface area contributed by atoms with Crippen LogP contribution in [0, 0.1) is 11.6 Å². The molecule has 13 heavy (non-hydrogen) atoms. The maximum Gasteiger partial charge on any atom is 0.162 e. The highest BCUT2D eigenvalue weighted by Gasteiger charge is 2.06. The van der Waals surface area contributed by atoms with Gasteiger partial charge in [-0.2, -0.15) is 0 Å². The van der Waals surface area contributed by atoms with Crippen LogP contribution in [0.3, 0.4) is 0 Å². The third-order valence-electron chi connectivity index (χ3n) is 1.80. The monoisotopic (exact) mass is 184 g/mol. The first kappa shape index (κ1) is 9.84. The van der Waals surface area contributed by atoms with Gasteiger partial charge in [0.2, 0.25) is 0 Å². The van der Waals surface area contributed by atoms with Crippen molar-refractivity contribution < 1.29 is 13.6 Å². The summed E-state index contributed by atoms with van der Waals surface area (Å²) in [5.74, 6) is -1.63. The van der Waals surface area contributed by atoms with Gasteiger partial charge in [0.05, 0.1) is 0 Å². The molecule has 1 nitrogen and oxygen atoms in total. The molecule has 0 heterocycles. The Balaban J connectivity index is 2.65. The minimum Gasteiger partial charge on any atom is -0.303 e. The number of unbranched alkanes of at least 4 members (excludes halogenated alkanes) is 1. The predicted octanol–water partition coefficient (Wildman–Crippen LogP) is 2.49. The molecule has 0 saturated heterocycles. The minimum atomic E-state index is -0.830. The van der Waals surface area contributed by atoms with Crippen LogP contribution in [0.2, 0.25) is 0 Å². The predicted molar refractivity (Wildman–Crippen MR) is 45.4 cm³/mol. The lowest BCUT2D eigenvalue weighted by Gasteiger charge is -2.01. The van der Waals surface area contributed by atoms with E-state index in [1.807, 2.05) is 0 Å². The van der Waals surface area contributed by atoms with E-state index in [0.717, 1.165) is 12.4 Å². The van der Waals surface area contributed by atoms with Gasteiger partial charge in [0.15, 0.2) is 11.6 Å². The number of carbonyl (C=O) groups excluding carboxylic acids is 1. The van der Waals surface area contributed by atoms with Crippen LogP contribution >= 0.6 is 0 Å². The van der Waals surface area contributed by atoms with E-state index < -0.39 is 11.6 Å². The summed E-state index contributed by atoms with van der Waals surface area (Å²) >= 11 is 0. The molecule has 1 aromatic rings. The van der Waals surface area contributed by atoms with Crippen LogP contribution in [0.1, 0.15) is 18.4 Å². The molecule has 0 atom stereocenters. The molecule has 0 spiro atoms. The molecule has 0 aromatic heterocycles. The summed E-state index contributed by atoms with van der Waals surface area (Å²) < 4.78 is 25.6. The van der Waals surface area contributed by atoms with Gasteiger partial charge < -0.3 is 4.79 Å². The molecule has 0 unspecified atom stereocenters. The zero-order valence-electron chi connectivity index (χ0n) is 7.09. The number of halogens is 2. The number of hydrogen-bond acceptors (Lipinski definition) is 1. The number of benzene rings is 1. The number of rotatable bonds is 4. The Morgan fingerprint density at radius 3 is 2.77 bits per heavy atom. The molecule has 0 bridgehead atoms. The quantitative estimate of drug-likeness (QED) is 0.519. The van der Waals surface area contributed by atoms with Gasteiger partial charge in [0, 0.05) is 6.42 Å². The van der Waals surface area contributed by atoms with Crippen LogP contribution in [-0.2, 0) is 11.2 Å². The second-order valence-electron chi connectivity index (χ2n) is 2.77. The van der Waals surface area contributed by atoms with E-state index >= 15 is 0 Å². The molecule has 1 aromatic carbocycles. The van der Waals surface area contributed by atoms with Crippen LogP contribution in [0.25, 0.3) is 0 Å². The molecule has 3 heteroatoms. The summed E-state index contributed by atoms with van der Waals surface area (Å²) in [5.41, 5.74) is 0.335. The Bertz CT molecular complexity index is 297. The molecule has 0 radical (unpaired) electrons. The standard InChI is InChI=1S/C10H10F2O/c11-9-6-3-5-8(10(9)12)4-1-2-7-13/h3,5-7H,1-2,4H2. The molecule has 0 aliphatic carbocycles. The van der Waals surface area contributed by atoms with Gasteiger partial charge in [0.25, 0.3) is 0 Å². The summed E-state index contributed by atoms with van der Waals surface area (Å²) in [6, 6.07) is 4.08. The van der Waals surface area contributed by atoms with Gasteiger partial charge in [-0.05, 0) is 24.5 Å². The van der Waals surface area contributed by atoms with Crippen molar-refractivity contribution in [1.82, 2.24) is 0 Å². The van der Waals surface area contributed by atoms with E-state index in [0.29, 0.717) is 24.8 Å². The minimum absolute atomic E-state index is 0.335. The fourth-order valence-electron chi connectivity index (χ4n) is 1.12. The smallest absolute Gasteiger partial charge is 0.162 e. The van der Waals surface area contributed by atoms with Crippen molar-refractivity contribution in [3.63, 3.8) is 0 Å². The lowest BCUT2D eigenvalue weighted by molar-refractivity contribution is -0.107. The van der Waals surface area contributed by atoms with Crippen molar-refractivity contribution in [2.75, 3.05) is 0 Å². The number of carbonyl (C=O) groups is 1. The Morgan fingerprint density at radius 1 is 1.31 bits per heavy atom. The molecule has 0 aliphatic heterocycles. The molecule has 70 valence electrons. The SMILES string of the molecule is O=CCCCc1cccc(F)c1F. The lowest BCUT2D eigenvalue weighted by atomic mass is 10.1. The molecule has 0 amide bonds. The Morgan fingerprint density at radius 2 is 2.08 bits per heavy atom. The Labute approximate surface area is 75.4 Å². The van der Waals surface area contributed by atoms with Crippen molar-refractivity contribution >= 4 is 6.29 Å². The van der Waals surface area contributed by atoms with Gasteiger partial charge in [-0.1, -0.05) is 12.1 Å². The van der Waals surface area contributed by atoms with Crippen LogP contribution < -0.4 is 0 Å². The third-order valence-corrected chi connectivity index (χ3v) is 1.80. The zero-order valence-corrected chi connectivity index (χ0v) is 7.09. The zero-order chi connectivity index (χ0) is 9.68. The van der Waals surface area contributed by atoms with Crippen molar-refractivity contribution in [3.8, 4) is 0 Å². The highest BCUT2D eigenvalue weighted by molar-refractivity contribution is 5.49. The maximum absolute atomic E-state index is 13.0. The van der Waals surface area contributed by atoms with E-state index in [1.165, 1.54) is 12.1 Å². The van der Waals surface area contributed by atoms with Crippen LogP contribution in [-0.4, -0.2) is 6.29 Å². The average Bonchev–Trinajstić information content (AvgIpc) is 2.13. The normalized spacial score (nSPS) is 10.0. The second kappa shape index (κ2) is 4.70. The van der Waals surface area contributed by atoms with Crippen LogP contribution in [0.5, 0.6) is 0 Å². The summed E-state index contributed by atoms with van der Waals surface area (Å²) in [7, 11) is 0. The largest absolute Gasteiger partial charge is 0.303 e. The van der Waals surface area contributed by atoms with Crippen molar-refractivity contribution in [3.05, 3.63) is 35.4 Å². The van der Waals surface area contributed by atoms with Crippen molar-refractivity contribution in [2.24, 2.45) is 0 Å². The maximum atomic E-state index is 13.0. The Kier molecular flexibility index (Phi) is 3.55. The van der Waals surface area contributed by atoms with E-state index in [9.17, 15) is 13.6 Å². The molecular weight excluding hydrogens is 174 g/mol. The Hall–Kier alpha value is -1.25. The van der Waals surface area contributed by atoms with E-state index in [1.54, 1.807) is 0 Å². The van der Waals surface area contributed by atoms with Gasteiger partial charge in [0.1, 0.15) is 6.29 Å². The van der Waals surface area contributed by atoms with Gasteiger partial charge >= 0.3 is 0 Å². The highest BCUT2D eigenvalue weighted by Crippen LogP contribution is 2.13. The summed E-state index contributed by atoms with van der Waals surface area (Å²) in [6.07, 6.45) is 2.12. The topological polar surface area (TPSA) is 17.1 Å². The molecule has 0 saturated carbocycles. The summed E-state index contributed by atoms with van der Waals surface area (Å²) in [6.45, 7) is 0. The van der Waals surface area contributed by atoms with E-state index in [-0.39, 0.29) is 0 Å². The molecule has 0 fully saturated rings. The van der Waals surface area contributed by atoms with E-state index in [2.05, 4.69) is 0 Å². The summed E-state index contributed by atoms with van der Waals surface area (Å²) in [4.78, 5) is 9.98. The average molecular weight is 184 g/mol. The first-order chi connectivity index (χ1) is 6.25. The summed E-state index contributed by atoms with van der Waals surface area (Å²) in [5, 5.41) is 0. The van der Waals surface area contributed by atoms with Crippen molar-refractivity contribution in [2.45, 2.75) is 19.3 Å². The van der Waals surface area contributed by atoms with Crippen molar-refractivity contribution in [1.29, 1.82) is 0 Å². The van der Waals surface area contributed by atoms with E-state index in [4.69, 9.17) is 0 Å². The van der Waals surface area contributed by atoms with Gasteiger partial charge in [-0.25, -0.2) is 8.78 Å². The molecule has 0 aliphatic rings. The first-order valence-electron chi connectivity index (χ1n) is 4.12.